The summed E-state index contributed by atoms with van der Waals surface area (Å²) in [5.41, 5.74) is 1.58. The second kappa shape index (κ2) is 7.57. The molecule has 128 valence electrons. The number of anilines is 1. The van der Waals surface area contributed by atoms with Gasteiger partial charge in [0.25, 0.3) is 0 Å². The van der Waals surface area contributed by atoms with Crippen LogP contribution in [-0.2, 0) is 6.54 Å². The van der Waals surface area contributed by atoms with Gasteiger partial charge in [0.2, 0.25) is 0 Å². The van der Waals surface area contributed by atoms with Gasteiger partial charge in [-0.15, -0.1) is 0 Å². The molecule has 0 spiro atoms. The highest BCUT2D eigenvalue weighted by Crippen LogP contribution is 2.25. The largest absolute Gasteiger partial charge is 0.505 e. The van der Waals surface area contributed by atoms with E-state index < -0.39 is 5.82 Å². The van der Waals surface area contributed by atoms with Gasteiger partial charge in [-0.1, -0.05) is 12.1 Å². The van der Waals surface area contributed by atoms with Crippen molar-refractivity contribution in [1.29, 1.82) is 0 Å². The van der Waals surface area contributed by atoms with E-state index in [2.05, 4.69) is 5.32 Å². The van der Waals surface area contributed by atoms with Crippen LogP contribution >= 0.6 is 0 Å². The van der Waals surface area contributed by atoms with E-state index in [1.165, 1.54) is 12.1 Å². The maximum absolute atomic E-state index is 13.3. The Morgan fingerprint density at radius 1 is 0.920 bits per heavy atom. The van der Waals surface area contributed by atoms with Crippen LogP contribution in [0.5, 0.6) is 23.0 Å². The summed E-state index contributed by atoms with van der Waals surface area (Å²) in [6, 6.07) is 19.2. The molecule has 3 rings (SSSR count). The lowest BCUT2D eigenvalue weighted by molar-refractivity contribution is 0.413. The Morgan fingerprint density at radius 2 is 1.68 bits per heavy atom. The van der Waals surface area contributed by atoms with Crippen LogP contribution < -0.4 is 14.8 Å². The van der Waals surface area contributed by atoms with E-state index in [9.17, 15) is 9.50 Å². The molecule has 0 unspecified atom stereocenters. The molecule has 0 bridgehead atoms. The zero-order valence-corrected chi connectivity index (χ0v) is 13.7. The molecule has 0 aliphatic carbocycles. The van der Waals surface area contributed by atoms with Gasteiger partial charge in [0, 0.05) is 18.3 Å². The SMILES string of the molecule is COc1ccc(Oc2cccc(CNc3ccc(O)c(F)c3)c2)cc1. The van der Waals surface area contributed by atoms with Crippen molar-refractivity contribution in [3.63, 3.8) is 0 Å². The minimum absolute atomic E-state index is 0.361. The summed E-state index contributed by atoms with van der Waals surface area (Å²) in [6.07, 6.45) is 0. The third-order valence-corrected chi connectivity index (χ3v) is 3.64. The van der Waals surface area contributed by atoms with Gasteiger partial charge in [0.05, 0.1) is 7.11 Å². The zero-order chi connectivity index (χ0) is 17.6. The molecule has 0 heterocycles. The smallest absolute Gasteiger partial charge is 0.166 e. The first kappa shape index (κ1) is 16.6. The van der Waals surface area contributed by atoms with Crippen LogP contribution in [0.4, 0.5) is 10.1 Å². The fourth-order valence-corrected chi connectivity index (χ4v) is 2.32. The number of aromatic hydroxyl groups is 1. The molecule has 4 nitrogen and oxygen atoms in total. The number of hydrogen-bond acceptors (Lipinski definition) is 4. The molecule has 0 atom stereocenters. The normalized spacial score (nSPS) is 10.3. The lowest BCUT2D eigenvalue weighted by atomic mass is 10.2. The van der Waals surface area contributed by atoms with Gasteiger partial charge in [-0.2, -0.15) is 0 Å². The van der Waals surface area contributed by atoms with Gasteiger partial charge in [0.15, 0.2) is 11.6 Å². The quantitative estimate of drug-likeness (QED) is 0.624. The van der Waals surface area contributed by atoms with Gasteiger partial charge >= 0.3 is 0 Å². The minimum Gasteiger partial charge on any atom is -0.505 e. The van der Waals surface area contributed by atoms with Crippen molar-refractivity contribution >= 4 is 5.69 Å². The topological polar surface area (TPSA) is 50.7 Å². The third kappa shape index (κ3) is 4.41. The second-order valence-corrected chi connectivity index (χ2v) is 5.44. The maximum Gasteiger partial charge on any atom is 0.166 e. The predicted molar refractivity (Wildman–Crippen MR) is 94.9 cm³/mol. The van der Waals surface area contributed by atoms with E-state index in [1.54, 1.807) is 13.2 Å². The number of benzene rings is 3. The fraction of sp³-hybridized carbons (Fsp3) is 0.100. The molecular formula is C20H18FNO3. The number of rotatable bonds is 6. The second-order valence-electron chi connectivity index (χ2n) is 5.44. The van der Waals surface area contributed by atoms with Crippen LogP contribution in [0.2, 0.25) is 0 Å². The number of ether oxygens (including phenoxy) is 2. The molecule has 0 amide bonds. The van der Waals surface area contributed by atoms with Crippen molar-refractivity contribution in [2.24, 2.45) is 0 Å². The molecule has 0 saturated heterocycles. The van der Waals surface area contributed by atoms with Crippen molar-refractivity contribution in [2.75, 3.05) is 12.4 Å². The predicted octanol–water partition coefficient (Wildman–Crippen LogP) is 4.94. The van der Waals surface area contributed by atoms with Crippen molar-refractivity contribution < 1.29 is 19.0 Å². The Bertz CT molecular complexity index is 850. The first-order valence-corrected chi connectivity index (χ1v) is 7.77. The van der Waals surface area contributed by atoms with Gasteiger partial charge in [0.1, 0.15) is 17.2 Å². The van der Waals surface area contributed by atoms with Crippen LogP contribution in [0.15, 0.2) is 66.7 Å². The van der Waals surface area contributed by atoms with Crippen LogP contribution in [0.25, 0.3) is 0 Å². The molecule has 0 aromatic heterocycles. The molecule has 0 saturated carbocycles. The highest BCUT2D eigenvalue weighted by atomic mass is 19.1. The highest BCUT2D eigenvalue weighted by molar-refractivity contribution is 5.47. The van der Waals surface area contributed by atoms with Crippen LogP contribution in [-0.4, -0.2) is 12.2 Å². The Balaban J connectivity index is 1.65. The third-order valence-electron chi connectivity index (χ3n) is 3.64. The van der Waals surface area contributed by atoms with Crippen LogP contribution in [0.3, 0.4) is 0 Å². The van der Waals surface area contributed by atoms with E-state index in [-0.39, 0.29) is 5.75 Å². The zero-order valence-electron chi connectivity index (χ0n) is 13.7. The van der Waals surface area contributed by atoms with E-state index in [0.29, 0.717) is 23.7 Å². The summed E-state index contributed by atoms with van der Waals surface area (Å²) in [5, 5.41) is 12.3. The number of hydrogen-bond donors (Lipinski definition) is 2. The fourth-order valence-electron chi connectivity index (χ4n) is 2.32. The molecule has 0 fully saturated rings. The first-order chi connectivity index (χ1) is 12.1. The summed E-state index contributed by atoms with van der Waals surface area (Å²) in [5.74, 6) is 1.18. The maximum atomic E-state index is 13.3. The van der Waals surface area contributed by atoms with E-state index in [0.717, 1.165) is 11.3 Å². The summed E-state index contributed by atoms with van der Waals surface area (Å²) in [6.45, 7) is 0.504. The highest BCUT2D eigenvalue weighted by Gasteiger charge is 2.03. The van der Waals surface area contributed by atoms with Crippen molar-refractivity contribution in [2.45, 2.75) is 6.54 Å². The van der Waals surface area contributed by atoms with Crippen molar-refractivity contribution in [3.8, 4) is 23.0 Å². The number of nitrogens with one attached hydrogen (secondary N) is 1. The van der Waals surface area contributed by atoms with Gasteiger partial charge in [-0.25, -0.2) is 4.39 Å². The Hall–Kier alpha value is -3.21. The molecule has 0 radical (unpaired) electrons. The minimum atomic E-state index is -0.651. The standard InChI is InChI=1S/C20H18FNO3/c1-24-16-6-8-17(9-7-16)25-18-4-2-3-14(11-18)13-22-15-5-10-20(23)19(21)12-15/h2-12,22-23H,13H2,1H3. The molecule has 0 aliphatic rings. The van der Waals surface area contributed by atoms with Gasteiger partial charge in [-0.05, 0) is 54.1 Å². The Labute approximate surface area is 145 Å². The van der Waals surface area contributed by atoms with Crippen LogP contribution in [0.1, 0.15) is 5.56 Å². The first-order valence-electron chi connectivity index (χ1n) is 7.77. The lowest BCUT2D eigenvalue weighted by Crippen LogP contribution is -2.00. The number of halogens is 1. The lowest BCUT2D eigenvalue weighted by Gasteiger charge is -2.10. The Kier molecular flexibility index (Phi) is 5.04. The molecule has 3 aromatic rings. The van der Waals surface area contributed by atoms with Crippen molar-refractivity contribution in [3.05, 3.63) is 78.1 Å². The number of phenolic OH excluding ortho intramolecular Hbond substituents is 1. The van der Waals surface area contributed by atoms with Crippen molar-refractivity contribution in [1.82, 2.24) is 0 Å². The summed E-state index contributed by atoms with van der Waals surface area (Å²) < 4.78 is 24.3. The summed E-state index contributed by atoms with van der Waals surface area (Å²) >= 11 is 0. The summed E-state index contributed by atoms with van der Waals surface area (Å²) in [4.78, 5) is 0. The van der Waals surface area contributed by atoms with Gasteiger partial charge < -0.3 is 19.9 Å². The average molecular weight is 339 g/mol. The van der Waals surface area contributed by atoms with Gasteiger partial charge in [-0.3, -0.25) is 0 Å². The molecular weight excluding hydrogens is 321 g/mol. The van der Waals surface area contributed by atoms with E-state index >= 15 is 0 Å². The molecule has 3 aromatic carbocycles. The average Bonchev–Trinajstić information content (AvgIpc) is 2.64. The summed E-state index contributed by atoms with van der Waals surface area (Å²) in [7, 11) is 1.62. The monoisotopic (exact) mass is 339 g/mol. The molecule has 2 N–H and O–H groups in total. The van der Waals surface area contributed by atoms with Crippen LogP contribution in [0, 0.1) is 5.82 Å². The van der Waals surface area contributed by atoms with E-state index in [4.69, 9.17) is 9.47 Å². The number of methoxy groups -OCH3 is 1. The molecule has 5 heteroatoms. The van der Waals surface area contributed by atoms with E-state index in [1.807, 2.05) is 48.5 Å². The molecule has 0 aliphatic heterocycles. The Morgan fingerprint density at radius 3 is 2.40 bits per heavy atom. The number of phenols is 1. The molecule has 25 heavy (non-hydrogen) atoms.